The lowest BCUT2D eigenvalue weighted by atomic mass is 9.89. The SMILES string of the molecule is CS1(C2=CCC(OCC3CCCCC3)c3ccccc32)CCCC1. The van der Waals surface area contributed by atoms with E-state index in [1.54, 1.807) is 4.91 Å². The van der Waals surface area contributed by atoms with Crippen molar-refractivity contribution in [3.05, 3.63) is 41.5 Å². The molecule has 1 aromatic rings. The summed E-state index contributed by atoms with van der Waals surface area (Å²) in [6.07, 6.45) is 16.3. The van der Waals surface area contributed by atoms with Crippen LogP contribution in [0.2, 0.25) is 0 Å². The van der Waals surface area contributed by atoms with E-state index in [9.17, 15) is 0 Å². The summed E-state index contributed by atoms with van der Waals surface area (Å²) in [7, 11) is -0.572. The highest BCUT2D eigenvalue weighted by Crippen LogP contribution is 2.63. The van der Waals surface area contributed by atoms with Gasteiger partial charge in [-0.3, -0.25) is 0 Å². The van der Waals surface area contributed by atoms with Crippen LogP contribution in [-0.4, -0.2) is 24.4 Å². The Bertz CT molecular complexity index is 594. The Hall–Kier alpha value is -0.730. The highest BCUT2D eigenvalue weighted by Gasteiger charge is 2.33. The quantitative estimate of drug-likeness (QED) is 0.623. The molecule has 1 aliphatic heterocycles. The minimum Gasteiger partial charge on any atom is -0.373 e. The lowest BCUT2D eigenvalue weighted by molar-refractivity contribution is 0.0206. The molecule has 1 saturated carbocycles. The minimum atomic E-state index is -0.572. The van der Waals surface area contributed by atoms with E-state index in [0.29, 0.717) is 0 Å². The van der Waals surface area contributed by atoms with E-state index in [1.165, 1.54) is 67.6 Å². The summed E-state index contributed by atoms with van der Waals surface area (Å²) in [5.74, 6) is 3.66. The van der Waals surface area contributed by atoms with Crippen LogP contribution in [0, 0.1) is 5.92 Å². The summed E-state index contributed by atoms with van der Waals surface area (Å²) in [6, 6.07) is 9.10. The summed E-state index contributed by atoms with van der Waals surface area (Å²) < 4.78 is 6.46. The van der Waals surface area contributed by atoms with Gasteiger partial charge < -0.3 is 4.74 Å². The van der Waals surface area contributed by atoms with Crippen LogP contribution in [0.4, 0.5) is 0 Å². The third kappa shape index (κ3) is 3.32. The van der Waals surface area contributed by atoms with Gasteiger partial charge in [0.2, 0.25) is 0 Å². The van der Waals surface area contributed by atoms with E-state index in [2.05, 4.69) is 36.6 Å². The molecule has 24 heavy (non-hydrogen) atoms. The Kier molecular flexibility index (Phi) is 5.05. The molecule has 2 heteroatoms. The molecule has 0 bridgehead atoms. The molecular weight excluding hydrogens is 312 g/mol. The fourth-order valence-electron chi connectivity index (χ4n) is 4.85. The van der Waals surface area contributed by atoms with Crippen molar-refractivity contribution in [1.29, 1.82) is 0 Å². The molecule has 0 amide bonds. The molecule has 1 saturated heterocycles. The van der Waals surface area contributed by atoms with Gasteiger partial charge in [0.15, 0.2) is 0 Å². The molecule has 3 aliphatic rings. The summed E-state index contributed by atoms with van der Waals surface area (Å²) in [6.45, 7) is 0.965. The van der Waals surface area contributed by atoms with Crippen LogP contribution >= 0.6 is 10.0 Å². The summed E-state index contributed by atoms with van der Waals surface area (Å²) in [5, 5.41) is 0. The van der Waals surface area contributed by atoms with Gasteiger partial charge in [-0.2, -0.15) is 0 Å². The largest absolute Gasteiger partial charge is 0.373 e. The maximum atomic E-state index is 6.46. The molecule has 4 rings (SSSR count). The average molecular weight is 345 g/mol. The average Bonchev–Trinajstić information content (AvgIpc) is 3.08. The predicted molar refractivity (Wildman–Crippen MR) is 107 cm³/mol. The van der Waals surface area contributed by atoms with E-state index in [1.807, 2.05) is 0 Å². The molecular formula is C22H32OS. The molecule has 0 spiro atoms. The first-order chi connectivity index (χ1) is 11.8. The third-order valence-corrected chi connectivity index (χ3v) is 10.1. The number of benzene rings is 1. The number of rotatable bonds is 4. The van der Waals surface area contributed by atoms with Crippen molar-refractivity contribution < 1.29 is 4.74 Å². The van der Waals surface area contributed by atoms with Gasteiger partial charge in [0.25, 0.3) is 0 Å². The molecule has 1 aromatic carbocycles. The van der Waals surface area contributed by atoms with Gasteiger partial charge >= 0.3 is 0 Å². The second kappa shape index (κ2) is 7.25. The summed E-state index contributed by atoms with van der Waals surface area (Å²) in [4.78, 5) is 1.69. The van der Waals surface area contributed by atoms with Crippen LogP contribution in [0.15, 0.2) is 30.3 Å². The fraction of sp³-hybridized carbons (Fsp3) is 0.636. The van der Waals surface area contributed by atoms with Gasteiger partial charge in [-0.05, 0) is 71.8 Å². The summed E-state index contributed by atoms with van der Waals surface area (Å²) in [5.41, 5.74) is 2.98. The number of fused-ring (bicyclic) bond motifs is 1. The standard InChI is InChI=1S/C22H32OS/c1-24(15-7-8-16-24)22-14-13-21(19-11-5-6-12-20(19)22)23-17-18-9-3-2-4-10-18/h5-6,11-12,14,18,21H,2-4,7-10,13,15-17H2,1H3. The molecule has 1 heterocycles. The molecule has 2 aliphatic carbocycles. The molecule has 0 N–H and O–H groups in total. The van der Waals surface area contributed by atoms with Gasteiger partial charge in [0.1, 0.15) is 0 Å². The first-order valence-corrected chi connectivity index (χ1v) is 12.3. The predicted octanol–water partition coefficient (Wildman–Crippen LogP) is 6.30. The number of ether oxygens (including phenoxy) is 1. The van der Waals surface area contributed by atoms with Crippen molar-refractivity contribution in [2.24, 2.45) is 5.92 Å². The van der Waals surface area contributed by atoms with Crippen molar-refractivity contribution in [3.8, 4) is 0 Å². The Morgan fingerprint density at radius 1 is 1.00 bits per heavy atom. The summed E-state index contributed by atoms with van der Waals surface area (Å²) >= 11 is 0. The second-order valence-electron chi connectivity index (χ2n) is 8.11. The minimum absolute atomic E-state index is 0.288. The van der Waals surface area contributed by atoms with Crippen LogP contribution in [0.25, 0.3) is 4.91 Å². The molecule has 2 fully saturated rings. The molecule has 1 nitrogen and oxygen atoms in total. The van der Waals surface area contributed by atoms with E-state index in [0.717, 1.165) is 18.9 Å². The fourth-order valence-corrected chi connectivity index (χ4v) is 8.39. The number of hydrogen-bond donors (Lipinski definition) is 0. The lowest BCUT2D eigenvalue weighted by Crippen LogP contribution is -2.19. The van der Waals surface area contributed by atoms with Crippen LogP contribution in [0.5, 0.6) is 0 Å². The topological polar surface area (TPSA) is 9.23 Å². The first-order valence-electron chi connectivity index (χ1n) is 9.91. The Morgan fingerprint density at radius 3 is 2.54 bits per heavy atom. The van der Waals surface area contributed by atoms with E-state index in [-0.39, 0.29) is 6.10 Å². The normalized spacial score (nSPS) is 28.2. The third-order valence-electron chi connectivity index (χ3n) is 6.32. The van der Waals surface area contributed by atoms with Crippen molar-refractivity contribution in [3.63, 3.8) is 0 Å². The highest BCUT2D eigenvalue weighted by atomic mass is 32.3. The smallest absolute Gasteiger partial charge is 0.0866 e. The van der Waals surface area contributed by atoms with Gasteiger partial charge in [-0.15, -0.1) is 0 Å². The van der Waals surface area contributed by atoms with Crippen LogP contribution < -0.4 is 0 Å². The second-order valence-corrected chi connectivity index (χ2v) is 11.9. The van der Waals surface area contributed by atoms with E-state index in [4.69, 9.17) is 4.74 Å². The number of hydrogen-bond acceptors (Lipinski definition) is 1. The Morgan fingerprint density at radius 2 is 1.75 bits per heavy atom. The van der Waals surface area contributed by atoms with Crippen molar-refractivity contribution >= 4 is 14.9 Å². The maximum absolute atomic E-state index is 6.46. The zero-order chi connectivity index (χ0) is 16.4. The highest BCUT2D eigenvalue weighted by molar-refractivity contribution is 8.40. The Labute approximate surface area is 149 Å². The lowest BCUT2D eigenvalue weighted by Gasteiger charge is -2.38. The zero-order valence-electron chi connectivity index (χ0n) is 15.1. The van der Waals surface area contributed by atoms with Crippen molar-refractivity contribution in [2.45, 2.75) is 57.5 Å². The molecule has 0 aromatic heterocycles. The zero-order valence-corrected chi connectivity index (χ0v) is 16.0. The van der Waals surface area contributed by atoms with Crippen LogP contribution in [0.1, 0.15) is 68.6 Å². The monoisotopic (exact) mass is 344 g/mol. The van der Waals surface area contributed by atoms with Gasteiger partial charge in [-0.25, -0.2) is 10.0 Å². The Balaban J connectivity index is 1.51. The maximum Gasteiger partial charge on any atom is 0.0866 e. The molecule has 1 unspecified atom stereocenters. The van der Waals surface area contributed by atoms with Gasteiger partial charge in [0.05, 0.1) is 12.7 Å². The van der Waals surface area contributed by atoms with Crippen molar-refractivity contribution in [1.82, 2.24) is 0 Å². The van der Waals surface area contributed by atoms with Gasteiger partial charge in [0, 0.05) is 0 Å². The first kappa shape index (κ1) is 16.7. The van der Waals surface area contributed by atoms with E-state index >= 15 is 0 Å². The van der Waals surface area contributed by atoms with Gasteiger partial charge in [-0.1, -0.05) is 49.6 Å². The van der Waals surface area contributed by atoms with E-state index < -0.39 is 10.0 Å². The van der Waals surface area contributed by atoms with Crippen LogP contribution in [-0.2, 0) is 4.74 Å². The van der Waals surface area contributed by atoms with Crippen molar-refractivity contribution in [2.75, 3.05) is 24.4 Å². The molecule has 0 radical (unpaired) electrons. The molecule has 1 atom stereocenters. The van der Waals surface area contributed by atoms with Crippen LogP contribution in [0.3, 0.4) is 0 Å². The molecule has 132 valence electrons.